The van der Waals surface area contributed by atoms with Gasteiger partial charge in [-0.1, -0.05) is 12.1 Å². The SMILES string of the molecule is COc1ccc(F)cc1COC(=O)[C@H]1CCCN(C2=NS(=O)(=O)c3ccccc32)C1. The van der Waals surface area contributed by atoms with Crippen LogP contribution in [-0.4, -0.2) is 45.3 Å². The number of fused-ring (bicyclic) bond motifs is 1. The molecule has 0 N–H and O–H groups in total. The molecule has 7 nitrogen and oxygen atoms in total. The van der Waals surface area contributed by atoms with E-state index in [9.17, 15) is 17.6 Å². The lowest BCUT2D eigenvalue weighted by Crippen LogP contribution is -2.42. The molecule has 0 aliphatic carbocycles. The van der Waals surface area contributed by atoms with Gasteiger partial charge in [-0.25, -0.2) is 4.39 Å². The monoisotopic (exact) mass is 432 g/mol. The first kappa shape index (κ1) is 20.3. The van der Waals surface area contributed by atoms with E-state index in [1.54, 1.807) is 18.2 Å². The summed E-state index contributed by atoms with van der Waals surface area (Å²) in [5, 5.41) is 0. The Morgan fingerprint density at radius 2 is 2.07 bits per heavy atom. The minimum Gasteiger partial charge on any atom is -0.496 e. The van der Waals surface area contributed by atoms with Gasteiger partial charge in [0.25, 0.3) is 10.0 Å². The second-order valence-corrected chi connectivity index (χ2v) is 8.81. The number of likely N-dealkylation sites (tertiary alicyclic amines) is 1. The number of hydrogen-bond acceptors (Lipinski definition) is 6. The molecule has 2 aliphatic rings. The first-order chi connectivity index (χ1) is 14.4. The van der Waals surface area contributed by atoms with Crippen LogP contribution in [0, 0.1) is 11.7 Å². The minimum atomic E-state index is -3.72. The second kappa shape index (κ2) is 8.06. The molecule has 0 saturated carbocycles. The van der Waals surface area contributed by atoms with Crippen molar-refractivity contribution in [2.24, 2.45) is 10.3 Å². The number of carbonyl (C=O) groups is 1. The molecule has 4 rings (SSSR count). The van der Waals surface area contributed by atoms with E-state index in [2.05, 4.69) is 4.40 Å². The van der Waals surface area contributed by atoms with Crippen molar-refractivity contribution in [1.82, 2.24) is 4.90 Å². The van der Waals surface area contributed by atoms with Crippen LogP contribution in [0.2, 0.25) is 0 Å². The molecule has 9 heteroatoms. The Kier molecular flexibility index (Phi) is 5.46. The number of ether oxygens (including phenoxy) is 2. The number of sulfonamides is 1. The Hall–Kier alpha value is -2.94. The summed E-state index contributed by atoms with van der Waals surface area (Å²) < 4.78 is 52.7. The zero-order chi connectivity index (χ0) is 21.3. The maximum absolute atomic E-state index is 13.5. The van der Waals surface area contributed by atoms with E-state index in [1.165, 1.54) is 31.4 Å². The largest absolute Gasteiger partial charge is 0.496 e. The number of esters is 1. The van der Waals surface area contributed by atoms with E-state index in [4.69, 9.17) is 9.47 Å². The Morgan fingerprint density at radius 1 is 1.27 bits per heavy atom. The lowest BCUT2D eigenvalue weighted by atomic mass is 9.97. The molecule has 30 heavy (non-hydrogen) atoms. The maximum atomic E-state index is 13.5. The van der Waals surface area contributed by atoms with Gasteiger partial charge in [0.1, 0.15) is 23.1 Å². The summed E-state index contributed by atoms with van der Waals surface area (Å²) in [4.78, 5) is 14.7. The molecule has 0 aromatic heterocycles. The fourth-order valence-corrected chi connectivity index (χ4v) is 5.03. The van der Waals surface area contributed by atoms with Crippen LogP contribution >= 0.6 is 0 Å². The molecule has 0 amide bonds. The van der Waals surface area contributed by atoms with Crippen LogP contribution < -0.4 is 4.74 Å². The quantitative estimate of drug-likeness (QED) is 0.691. The molecule has 1 atom stereocenters. The topological polar surface area (TPSA) is 85.3 Å². The van der Waals surface area contributed by atoms with Gasteiger partial charge in [-0.3, -0.25) is 4.79 Å². The van der Waals surface area contributed by atoms with E-state index < -0.39 is 27.7 Å². The molecule has 0 bridgehead atoms. The number of amidine groups is 1. The second-order valence-electron chi connectivity index (χ2n) is 7.24. The van der Waals surface area contributed by atoms with Gasteiger partial charge >= 0.3 is 5.97 Å². The highest BCUT2D eigenvalue weighted by molar-refractivity contribution is 7.90. The number of nitrogens with zero attached hydrogens (tertiary/aromatic N) is 2. The fourth-order valence-electron chi connectivity index (χ4n) is 3.81. The van der Waals surface area contributed by atoms with Crippen LogP contribution in [0.3, 0.4) is 0 Å². The lowest BCUT2D eigenvalue weighted by molar-refractivity contribution is -0.151. The zero-order valence-corrected chi connectivity index (χ0v) is 17.2. The molecule has 2 aromatic rings. The molecule has 1 saturated heterocycles. The van der Waals surface area contributed by atoms with E-state index in [0.717, 1.165) is 0 Å². The van der Waals surface area contributed by atoms with Crippen LogP contribution in [0.1, 0.15) is 24.0 Å². The average Bonchev–Trinajstić information content (AvgIpc) is 3.03. The van der Waals surface area contributed by atoms with Crippen molar-refractivity contribution in [3.63, 3.8) is 0 Å². The minimum absolute atomic E-state index is 0.103. The standard InChI is InChI=1S/C21H21FN2O5S/c1-28-18-9-8-16(22)11-15(18)13-29-21(25)14-5-4-10-24(12-14)20-17-6-2-3-7-19(17)30(26,27)23-20/h2-3,6-9,11,14H,4-5,10,12-13H2,1H3/t14-/m0/s1. The molecular formula is C21H21FN2O5S. The predicted molar refractivity (Wildman–Crippen MR) is 107 cm³/mol. The maximum Gasteiger partial charge on any atom is 0.311 e. The number of piperidine rings is 1. The summed E-state index contributed by atoms with van der Waals surface area (Å²) >= 11 is 0. The van der Waals surface area contributed by atoms with Gasteiger partial charge < -0.3 is 14.4 Å². The normalized spacial score (nSPS) is 19.7. The Morgan fingerprint density at radius 3 is 2.87 bits per heavy atom. The number of halogens is 1. The highest BCUT2D eigenvalue weighted by Crippen LogP contribution is 2.30. The fraction of sp³-hybridized carbons (Fsp3) is 0.333. The summed E-state index contributed by atoms with van der Waals surface area (Å²) in [6.45, 7) is 0.806. The van der Waals surface area contributed by atoms with Crippen LogP contribution in [-0.2, 0) is 26.2 Å². The third-order valence-electron chi connectivity index (χ3n) is 5.28. The van der Waals surface area contributed by atoms with Crippen molar-refractivity contribution in [2.75, 3.05) is 20.2 Å². The van der Waals surface area contributed by atoms with Crippen molar-refractivity contribution in [1.29, 1.82) is 0 Å². The van der Waals surface area contributed by atoms with Crippen LogP contribution in [0.4, 0.5) is 4.39 Å². The average molecular weight is 432 g/mol. The van der Waals surface area contributed by atoms with Crippen molar-refractivity contribution < 1.29 is 27.1 Å². The molecule has 0 radical (unpaired) electrons. The van der Waals surface area contributed by atoms with Gasteiger partial charge in [-0.2, -0.15) is 8.42 Å². The summed E-state index contributed by atoms with van der Waals surface area (Å²) in [6, 6.07) is 10.7. The van der Waals surface area contributed by atoms with Gasteiger partial charge in [0.05, 0.1) is 13.0 Å². The predicted octanol–water partition coefficient (Wildman–Crippen LogP) is 2.74. The highest BCUT2D eigenvalue weighted by atomic mass is 32.2. The third-order valence-corrected chi connectivity index (χ3v) is 6.60. The molecular weight excluding hydrogens is 411 g/mol. The molecule has 2 heterocycles. The molecule has 158 valence electrons. The number of benzene rings is 2. The molecule has 1 fully saturated rings. The van der Waals surface area contributed by atoms with Gasteiger partial charge in [-0.05, 0) is 43.2 Å². The van der Waals surface area contributed by atoms with Crippen LogP contribution in [0.5, 0.6) is 5.75 Å². The molecule has 2 aliphatic heterocycles. The van der Waals surface area contributed by atoms with Gasteiger partial charge in [0.15, 0.2) is 5.84 Å². The number of rotatable bonds is 4. The molecule has 0 unspecified atom stereocenters. The summed E-state index contributed by atoms with van der Waals surface area (Å²) in [5.74, 6) is -0.478. The van der Waals surface area contributed by atoms with Crippen molar-refractivity contribution in [3.8, 4) is 5.75 Å². The van der Waals surface area contributed by atoms with Crippen molar-refractivity contribution in [2.45, 2.75) is 24.3 Å². The molecule has 0 spiro atoms. The number of methoxy groups -OCH3 is 1. The van der Waals surface area contributed by atoms with E-state index >= 15 is 0 Å². The third kappa shape index (κ3) is 3.89. The van der Waals surface area contributed by atoms with Crippen LogP contribution in [0.15, 0.2) is 51.8 Å². The van der Waals surface area contributed by atoms with Gasteiger partial charge in [0, 0.05) is 24.2 Å². The molecule has 2 aromatic carbocycles. The Balaban J connectivity index is 1.46. The number of hydrogen-bond donors (Lipinski definition) is 0. The van der Waals surface area contributed by atoms with Gasteiger partial charge in [-0.15, -0.1) is 4.40 Å². The first-order valence-electron chi connectivity index (χ1n) is 9.57. The van der Waals surface area contributed by atoms with Crippen molar-refractivity contribution >= 4 is 21.8 Å². The lowest BCUT2D eigenvalue weighted by Gasteiger charge is -2.33. The van der Waals surface area contributed by atoms with Crippen molar-refractivity contribution in [3.05, 3.63) is 59.4 Å². The Labute approximate surface area is 174 Å². The van der Waals surface area contributed by atoms with Gasteiger partial charge in [0.2, 0.25) is 0 Å². The highest BCUT2D eigenvalue weighted by Gasteiger charge is 2.35. The summed E-state index contributed by atoms with van der Waals surface area (Å²) in [6.07, 6.45) is 1.32. The Bertz CT molecular complexity index is 1120. The smallest absolute Gasteiger partial charge is 0.311 e. The van der Waals surface area contributed by atoms with E-state index in [1.807, 2.05) is 4.90 Å². The van der Waals surface area contributed by atoms with Crippen LogP contribution in [0.25, 0.3) is 0 Å². The van der Waals surface area contributed by atoms with E-state index in [0.29, 0.717) is 48.6 Å². The van der Waals surface area contributed by atoms with E-state index in [-0.39, 0.29) is 11.5 Å². The number of carbonyl (C=O) groups excluding carboxylic acids is 1. The first-order valence-corrected chi connectivity index (χ1v) is 11.0. The zero-order valence-electron chi connectivity index (χ0n) is 16.4. The summed E-state index contributed by atoms with van der Waals surface area (Å²) in [7, 11) is -2.26. The summed E-state index contributed by atoms with van der Waals surface area (Å²) in [5.41, 5.74) is 0.995.